The predicted molar refractivity (Wildman–Crippen MR) is 131 cm³/mol. The average molecular weight is 419 g/mol. The van der Waals surface area contributed by atoms with Crippen LogP contribution < -0.4 is 10.5 Å². The highest BCUT2D eigenvalue weighted by Crippen LogP contribution is 2.40. The maximum absolute atomic E-state index is 6.30. The highest BCUT2D eigenvalue weighted by atomic mass is 32.1. The SMILES string of the molecule is Nc1ccccc1Oc1cc2ccccc2nc1-c1ccc2sc3ccccc3c2c1. The molecule has 2 N–H and O–H groups in total. The molecule has 0 amide bonds. The van der Waals surface area contributed by atoms with Gasteiger partial charge in [-0.3, -0.25) is 0 Å². The Kier molecular flexibility index (Phi) is 4.11. The van der Waals surface area contributed by atoms with Crippen LogP contribution in [0.5, 0.6) is 11.5 Å². The van der Waals surface area contributed by atoms with Crippen LogP contribution in [0.3, 0.4) is 0 Å². The van der Waals surface area contributed by atoms with Gasteiger partial charge in [0.15, 0.2) is 5.75 Å². The van der Waals surface area contributed by atoms with Crippen molar-refractivity contribution < 1.29 is 4.74 Å². The molecule has 0 radical (unpaired) electrons. The second-order valence-electron chi connectivity index (χ2n) is 7.48. The molecule has 0 bridgehead atoms. The van der Waals surface area contributed by atoms with Crippen molar-refractivity contribution in [2.45, 2.75) is 0 Å². The predicted octanol–water partition coefficient (Wildman–Crippen LogP) is 7.64. The fourth-order valence-corrected chi connectivity index (χ4v) is 5.03. The number of thiophene rings is 1. The topological polar surface area (TPSA) is 48.1 Å². The van der Waals surface area contributed by atoms with Crippen LogP contribution in [0, 0.1) is 0 Å². The lowest BCUT2D eigenvalue weighted by Crippen LogP contribution is -1.95. The quantitative estimate of drug-likeness (QED) is 0.300. The lowest BCUT2D eigenvalue weighted by molar-refractivity contribution is 0.486. The van der Waals surface area contributed by atoms with Gasteiger partial charge in [-0.1, -0.05) is 54.6 Å². The Morgan fingerprint density at radius 2 is 1.45 bits per heavy atom. The third-order valence-electron chi connectivity index (χ3n) is 5.48. The van der Waals surface area contributed by atoms with Gasteiger partial charge in [-0.2, -0.15) is 0 Å². The molecule has 0 saturated carbocycles. The summed E-state index contributed by atoms with van der Waals surface area (Å²) < 4.78 is 8.85. The minimum Gasteiger partial charge on any atom is -0.453 e. The summed E-state index contributed by atoms with van der Waals surface area (Å²) in [4.78, 5) is 4.98. The Hall–Kier alpha value is -3.89. The lowest BCUT2D eigenvalue weighted by atomic mass is 10.0. The highest BCUT2D eigenvalue weighted by molar-refractivity contribution is 7.25. The summed E-state index contributed by atoms with van der Waals surface area (Å²) in [6.45, 7) is 0. The summed E-state index contributed by atoms with van der Waals surface area (Å²) >= 11 is 1.81. The van der Waals surface area contributed by atoms with E-state index < -0.39 is 0 Å². The number of aromatic nitrogens is 1. The van der Waals surface area contributed by atoms with Gasteiger partial charge >= 0.3 is 0 Å². The first-order valence-corrected chi connectivity index (χ1v) is 10.9. The molecule has 0 spiro atoms. The summed E-state index contributed by atoms with van der Waals surface area (Å²) in [5.41, 5.74) is 9.50. The van der Waals surface area contributed by atoms with Crippen molar-refractivity contribution in [3.05, 3.63) is 97.1 Å². The smallest absolute Gasteiger partial charge is 0.154 e. The maximum Gasteiger partial charge on any atom is 0.154 e. The van der Waals surface area contributed by atoms with Crippen molar-refractivity contribution in [2.75, 3.05) is 5.73 Å². The van der Waals surface area contributed by atoms with E-state index in [4.69, 9.17) is 15.5 Å². The van der Waals surface area contributed by atoms with Crippen molar-refractivity contribution in [1.29, 1.82) is 0 Å². The van der Waals surface area contributed by atoms with E-state index in [2.05, 4.69) is 42.5 Å². The summed E-state index contributed by atoms with van der Waals surface area (Å²) in [5.74, 6) is 1.32. The molecule has 0 saturated heterocycles. The van der Waals surface area contributed by atoms with Gasteiger partial charge in [0.2, 0.25) is 0 Å². The van der Waals surface area contributed by atoms with Crippen molar-refractivity contribution in [3.63, 3.8) is 0 Å². The molecule has 0 aliphatic rings. The standard InChI is InChI=1S/C27H18N2OS/c28-21-9-3-5-11-23(21)30-24-16-17-7-1-4-10-22(17)29-27(24)18-13-14-26-20(15-18)19-8-2-6-12-25(19)31-26/h1-16H,28H2. The van der Waals surface area contributed by atoms with E-state index in [-0.39, 0.29) is 0 Å². The third kappa shape index (κ3) is 3.09. The number of hydrogen-bond acceptors (Lipinski definition) is 4. The highest BCUT2D eigenvalue weighted by Gasteiger charge is 2.15. The van der Waals surface area contributed by atoms with Gasteiger partial charge in [0, 0.05) is 31.1 Å². The number of nitrogens with zero attached hydrogens (tertiary/aromatic N) is 1. The first kappa shape index (κ1) is 17.9. The van der Waals surface area contributed by atoms with Gasteiger partial charge in [-0.25, -0.2) is 4.98 Å². The van der Waals surface area contributed by atoms with Crippen molar-refractivity contribution in [2.24, 2.45) is 0 Å². The molecule has 0 fully saturated rings. The van der Waals surface area contributed by atoms with Crippen molar-refractivity contribution >= 4 is 48.1 Å². The number of rotatable bonds is 3. The summed E-state index contributed by atoms with van der Waals surface area (Å²) in [6.07, 6.45) is 0. The van der Waals surface area contributed by atoms with Crippen LogP contribution in [0.1, 0.15) is 0 Å². The van der Waals surface area contributed by atoms with Crippen LogP contribution in [0.4, 0.5) is 5.69 Å². The number of nitrogen functional groups attached to an aromatic ring is 1. The molecular formula is C27H18N2OS. The van der Waals surface area contributed by atoms with Crippen molar-refractivity contribution in [3.8, 4) is 22.8 Å². The molecule has 2 aromatic heterocycles. The molecule has 0 unspecified atom stereocenters. The number of anilines is 1. The number of pyridine rings is 1. The second-order valence-corrected chi connectivity index (χ2v) is 8.56. The first-order valence-electron chi connectivity index (χ1n) is 10.1. The third-order valence-corrected chi connectivity index (χ3v) is 6.63. The minimum atomic E-state index is 0.598. The molecule has 4 heteroatoms. The second kappa shape index (κ2) is 7.11. The zero-order valence-corrected chi connectivity index (χ0v) is 17.4. The molecular weight excluding hydrogens is 400 g/mol. The van der Waals surface area contributed by atoms with Crippen molar-refractivity contribution in [1.82, 2.24) is 4.98 Å². The lowest BCUT2D eigenvalue weighted by Gasteiger charge is -2.14. The van der Waals surface area contributed by atoms with Crippen LogP contribution in [0.15, 0.2) is 97.1 Å². The van der Waals surface area contributed by atoms with E-state index in [9.17, 15) is 0 Å². The minimum absolute atomic E-state index is 0.598. The van der Waals surface area contributed by atoms with Gasteiger partial charge in [-0.15, -0.1) is 11.3 Å². The zero-order chi connectivity index (χ0) is 20.8. The van der Waals surface area contributed by atoms with Gasteiger partial charge in [0.25, 0.3) is 0 Å². The zero-order valence-electron chi connectivity index (χ0n) is 16.6. The summed E-state index contributed by atoms with van der Waals surface area (Å²) in [7, 11) is 0. The molecule has 6 aromatic rings. The monoisotopic (exact) mass is 418 g/mol. The molecule has 0 atom stereocenters. The van der Waals surface area contributed by atoms with Crippen LogP contribution in [0.2, 0.25) is 0 Å². The number of ether oxygens (including phenoxy) is 1. The molecule has 148 valence electrons. The van der Waals surface area contributed by atoms with E-state index in [0.29, 0.717) is 17.2 Å². The molecule has 2 heterocycles. The van der Waals surface area contributed by atoms with Crippen LogP contribution in [-0.2, 0) is 0 Å². The van der Waals surface area contributed by atoms with E-state index in [1.807, 2.05) is 65.9 Å². The summed E-state index contributed by atoms with van der Waals surface area (Å²) in [5, 5.41) is 3.52. The number of fused-ring (bicyclic) bond motifs is 4. The number of para-hydroxylation sites is 3. The Labute approximate surface area is 183 Å². The first-order chi connectivity index (χ1) is 15.3. The normalized spacial score (nSPS) is 11.4. The Bertz CT molecular complexity index is 1590. The molecule has 4 aromatic carbocycles. The molecule has 0 aliphatic heterocycles. The van der Waals surface area contributed by atoms with E-state index >= 15 is 0 Å². The number of hydrogen-bond donors (Lipinski definition) is 1. The fraction of sp³-hybridized carbons (Fsp3) is 0. The summed E-state index contributed by atoms with van der Waals surface area (Å²) in [6, 6.07) is 32.7. The largest absolute Gasteiger partial charge is 0.453 e. The maximum atomic E-state index is 6.30. The Morgan fingerprint density at radius 1 is 0.677 bits per heavy atom. The van der Waals surface area contributed by atoms with E-state index in [0.717, 1.165) is 22.2 Å². The van der Waals surface area contributed by atoms with Gasteiger partial charge in [0.05, 0.1) is 11.2 Å². The average Bonchev–Trinajstić information content (AvgIpc) is 3.18. The molecule has 3 nitrogen and oxygen atoms in total. The fourth-order valence-electron chi connectivity index (χ4n) is 3.95. The van der Waals surface area contributed by atoms with Gasteiger partial charge < -0.3 is 10.5 Å². The van der Waals surface area contributed by atoms with E-state index in [1.165, 1.54) is 20.2 Å². The van der Waals surface area contributed by atoms with E-state index in [1.54, 1.807) is 0 Å². The molecule has 31 heavy (non-hydrogen) atoms. The number of benzene rings is 4. The van der Waals surface area contributed by atoms with Crippen LogP contribution in [0.25, 0.3) is 42.3 Å². The molecule has 0 aliphatic carbocycles. The van der Waals surface area contributed by atoms with Gasteiger partial charge in [-0.05, 0) is 42.5 Å². The Morgan fingerprint density at radius 3 is 2.39 bits per heavy atom. The Balaban J connectivity index is 1.58. The van der Waals surface area contributed by atoms with Crippen LogP contribution in [-0.4, -0.2) is 4.98 Å². The molecule has 6 rings (SSSR count). The van der Waals surface area contributed by atoms with Gasteiger partial charge in [0.1, 0.15) is 11.4 Å². The van der Waals surface area contributed by atoms with Crippen LogP contribution >= 0.6 is 11.3 Å². The number of nitrogens with two attached hydrogens (primary N) is 1.